The molecule has 0 atom stereocenters. The van der Waals surface area contributed by atoms with Crippen LogP contribution in [-0.4, -0.2) is 50.5 Å². The normalized spacial score (nSPS) is 14.6. The monoisotopic (exact) mass is 529 g/mol. The first-order chi connectivity index (χ1) is 18.7. The number of aromatic nitrogens is 3. The Kier molecular flexibility index (Phi) is 6.38. The number of carbonyl (C=O) groups is 2. The number of Topliss-reactive ketones (excluding diaryl/α,β-unsaturated/α-hetero) is 1. The van der Waals surface area contributed by atoms with Crippen LogP contribution in [0.5, 0.6) is 5.75 Å². The molecule has 37 heavy (non-hydrogen) atoms. The third kappa shape index (κ3) is 6.45. The van der Waals surface area contributed by atoms with Crippen molar-refractivity contribution < 1.29 is 27.0 Å². The second-order valence-corrected chi connectivity index (χ2v) is 11.2. The maximum atomic E-state index is 14.9. The van der Waals surface area contributed by atoms with Gasteiger partial charge in [-0.2, -0.15) is 4.36 Å². The van der Waals surface area contributed by atoms with Crippen LogP contribution in [0.4, 0.5) is 27.4 Å². The van der Waals surface area contributed by atoms with Crippen molar-refractivity contribution in [2.45, 2.75) is 26.1 Å². The number of nitrogens with zero attached hydrogens (tertiary/aromatic N) is 4. The van der Waals surface area contributed by atoms with E-state index in [1.165, 1.54) is 50.3 Å². The Morgan fingerprint density at radius 2 is 1.95 bits per heavy atom. The predicted molar refractivity (Wildman–Crippen MR) is 140 cm³/mol. The molecule has 2 heterocycles. The van der Waals surface area contributed by atoms with Gasteiger partial charge < -0.3 is 15.4 Å². The maximum Gasteiger partial charge on any atom is 0.228 e. The molecule has 1 aromatic carbocycles. The van der Waals surface area contributed by atoms with Crippen molar-refractivity contribution in [3.8, 4) is 17.0 Å². The number of benzene rings is 1. The summed E-state index contributed by atoms with van der Waals surface area (Å²) in [5.74, 6) is -1.31. The van der Waals surface area contributed by atoms with Gasteiger partial charge in [-0.3, -0.25) is 14.6 Å². The summed E-state index contributed by atoms with van der Waals surface area (Å²) in [5.41, 5.74) is 0.548. The molecule has 0 aliphatic heterocycles. The molecule has 0 bridgehead atoms. The highest BCUT2D eigenvalue weighted by molar-refractivity contribution is 7.92. The number of hydrogen-bond donors (Lipinski definition) is 2. The second-order valence-electron chi connectivity index (χ2n) is 8.67. The van der Waals surface area contributed by atoms with Gasteiger partial charge in [-0.1, -0.05) is 6.85 Å². The number of pyridine rings is 1. The molecule has 1 aliphatic carbocycles. The number of carbonyl (C=O) groups excluding carboxylic acids is 2. The van der Waals surface area contributed by atoms with Crippen LogP contribution < -0.4 is 15.4 Å². The minimum absolute atomic E-state index is 0.0677. The fourth-order valence-corrected chi connectivity index (χ4v) is 4.04. The van der Waals surface area contributed by atoms with E-state index in [4.69, 9.17) is 8.85 Å². The van der Waals surface area contributed by atoms with E-state index in [0.717, 1.165) is 18.9 Å². The molecule has 12 heteroatoms. The molecule has 2 aromatic heterocycles. The molecule has 194 valence electrons. The van der Waals surface area contributed by atoms with E-state index >= 15 is 0 Å². The van der Waals surface area contributed by atoms with Crippen LogP contribution in [0.25, 0.3) is 11.3 Å². The first kappa shape index (κ1) is 22.3. The summed E-state index contributed by atoms with van der Waals surface area (Å²) in [6.45, 7) is -2.53. The topological polar surface area (TPSA) is 136 Å². The molecule has 1 saturated carbocycles. The summed E-state index contributed by atoms with van der Waals surface area (Å²) in [5, 5.41) is 5.62. The Bertz CT molecular complexity index is 1580. The first-order valence-corrected chi connectivity index (χ1v) is 13.5. The SMILES string of the molecule is [2H]C([2H])([2H])CC(=O)c1cnc(NC(=O)C2CC2)cc1Nc1cc(F)cc(-c2cnc(N=S(C)(C)=O)cn2)c1OC. The van der Waals surface area contributed by atoms with Crippen LogP contribution in [0.3, 0.4) is 0 Å². The molecule has 3 aromatic rings. The smallest absolute Gasteiger partial charge is 0.228 e. The minimum atomic E-state index is -2.53. The number of methoxy groups -OCH3 is 1. The molecular weight excluding hydrogens is 499 g/mol. The molecular formula is C25H27FN6O4S. The Labute approximate surface area is 218 Å². The molecule has 0 saturated heterocycles. The third-order valence-electron chi connectivity index (χ3n) is 5.32. The minimum Gasteiger partial charge on any atom is -0.494 e. The lowest BCUT2D eigenvalue weighted by Gasteiger charge is -2.17. The molecule has 0 spiro atoms. The van der Waals surface area contributed by atoms with Gasteiger partial charge in [-0.25, -0.2) is 18.6 Å². The Morgan fingerprint density at radius 3 is 2.57 bits per heavy atom. The summed E-state index contributed by atoms with van der Waals surface area (Å²) < 4.78 is 58.8. The van der Waals surface area contributed by atoms with E-state index in [1.54, 1.807) is 0 Å². The van der Waals surface area contributed by atoms with Crippen LogP contribution >= 0.6 is 0 Å². The van der Waals surface area contributed by atoms with Gasteiger partial charge >= 0.3 is 0 Å². The van der Waals surface area contributed by atoms with Crippen molar-refractivity contribution in [3.63, 3.8) is 0 Å². The first-order valence-electron chi connectivity index (χ1n) is 12.7. The number of hydrogen-bond acceptors (Lipinski definition) is 9. The average Bonchev–Trinajstić information content (AvgIpc) is 3.68. The quantitative estimate of drug-likeness (QED) is 0.380. The van der Waals surface area contributed by atoms with E-state index in [1.807, 2.05) is 0 Å². The number of nitrogens with one attached hydrogen (secondary N) is 2. The van der Waals surface area contributed by atoms with E-state index in [0.29, 0.717) is 0 Å². The van der Waals surface area contributed by atoms with Crippen LogP contribution in [0.1, 0.15) is 40.6 Å². The zero-order chi connectivity index (χ0) is 29.2. The molecule has 0 unspecified atom stereocenters. The van der Waals surface area contributed by atoms with Crippen LogP contribution in [0.15, 0.2) is 41.2 Å². The van der Waals surface area contributed by atoms with Gasteiger partial charge in [-0.05, 0) is 18.9 Å². The summed E-state index contributed by atoms with van der Waals surface area (Å²) in [6.07, 6.45) is 7.48. The number of ether oxygens (including phenoxy) is 1. The van der Waals surface area contributed by atoms with Gasteiger partial charge in [0.25, 0.3) is 0 Å². The summed E-state index contributed by atoms with van der Waals surface area (Å²) in [6, 6.07) is 3.69. The number of rotatable bonds is 9. The molecule has 1 amide bonds. The lowest BCUT2D eigenvalue weighted by atomic mass is 10.1. The van der Waals surface area contributed by atoms with Crippen molar-refractivity contribution in [3.05, 3.63) is 48.2 Å². The molecule has 0 radical (unpaired) electrons. The largest absolute Gasteiger partial charge is 0.494 e. The van der Waals surface area contributed by atoms with E-state index in [-0.39, 0.29) is 57.4 Å². The van der Waals surface area contributed by atoms with Gasteiger partial charge in [0.2, 0.25) is 5.91 Å². The molecule has 10 nitrogen and oxygen atoms in total. The van der Waals surface area contributed by atoms with E-state index < -0.39 is 34.6 Å². The van der Waals surface area contributed by atoms with Gasteiger partial charge in [0.15, 0.2) is 17.4 Å². The van der Waals surface area contributed by atoms with Crippen LogP contribution in [0, 0.1) is 11.7 Å². The predicted octanol–water partition coefficient (Wildman–Crippen LogP) is 4.73. The lowest BCUT2D eigenvalue weighted by Crippen LogP contribution is -2.15. The van der Waals surface area contributed by atoms with Crippen molar-refractivity contribution in [1.29, 1.82) is 0 Å². The molecule has 2 N–H and O–H groups in total. The van der Waals surface area contributed by atoms with Crippen molar-refractivity contribution in [2.75, 3.05) is 30.3 Å². The van der Waals surface area contributed by atoms with Crippen molar-refractivity contribution in [1.82, 2.24) is 15.0 Å². The molecule has 1 fully saturated rings. The number of halogens is 1. The number of ketones is 1. The standard InChI is InChI=1S/C25H27FN6O4S/c1-5-21(33)17-11-28-22(31-25(34)14-6-7-14)10-18(17)30-19-9-15(26)8-16(24(19)36-2)20-12-29-23(13-27-20)32-37(3,4)35/h8-14H,5-7H2,1-4H3,(H2,28,30,31,34)/i1D3. The number of anilines is 3. The lowest BCUT2D eigenvalue weighted by molar-refractivity contribution is -0.117. The fraction of sp³-hybridized carbons (Fsp3) is 0.320. The van der Waals surface area contributed by atoms with Crippen molar-refractivity contribution >= 4 is 44.4 Å². The Balaban J connectivity index is 1.76. The molecule has 4 rings (SSSR count). The Morgan fingerprint density at radius 1 is 1.16 bits per heavy atom. The molecule has 1 aliphatic rings. The number of amides is 1. The van der Waals surface area contributed by atoms with Gasteiger partial charge in [0.05, 0.1) is 42.1 Å². The van der Waals surface area contributed by atoms with Crippen LogP contribution in [0.2, 0.25) is 0 Å². The van der Waals surface area contributed by atoms with Gasteiger partial charge in [0, 0.05) is 62.6 Å². The van der Waals surface area contributed by atoms with Gasteiger partial charge in [-0.15, -0.1) is 0 Å². The van der Waals surface area contributed by atoms with Crippen molar-refractivity contribution in [2.24, 2.45) is 10.3 Å². The summed E-state index contributed by atoms with van der Waals surface area (Å²) in [4.78, 5) is 37.7. The Hall–Kier alpha value is -3.93. The highest BCUT2D eigenvalue weighted by Gasteiger charge is 2.30. The zero-order valence-corrected chi connectivity index (χ0v) is 21.2. The third-order valence-corrected chi connectivity index (χ3v) is 5.95. The van der Waals surface area contributed by atoms with Gasteiger partial charge in [0.1, 0.15) is 11.6 Å². The zero-order valence-electron chi connectivity index (χ0n) is 23.4. The van der Waals surface area contributed by atoms with E-state index in [9.17, 15) is 18.2 Å². The second kappa shape index (κ2) is 10.6. The fourth-order valence-electron chi connectivity index (χ4n) is 3.49. The highest BCUT2D eigenvalue weighted by atomic mass is 32.2. The van der Waals surface area contributed by atoms with Crippen LogP contribution in [-0.2, 0) is 14.5 Å². The average molecular weight is 530 g/mol. The highest BCUT2D eigenvalue weighted by Crippen LogP contribution is 2.39. The maximum absolute atomic E-state index is 14.9. The summed E-state index contributed by atoms with van der Waals surface area (Å²) in [7, 11) is -1.11. The van der Waals surface area contributed by atoms with E-state index in [2.05, 4.69) is 29.9 Å². The summed E-state index contributed by atoms with van der Waals surface area (Å²) >= 11 is 0.